The second-order valence-corrected chi connectivity index (χ2v) is 6.35. The molecule has 0 aliphatic heterocycles. The van der Waals surface area contributed by atoms with Gasteiger partial charge in [-0.1, -0.05) is 13.8 Å². The van der Waals surface area contributed by atoms with Crippen LogP contribution in [0.15, 0.2) is 0 Å². The van der Waals surface area contributed by atoms with E-state index in [1.807, 2.05) is 0 Å². The van der Waals surface area contributed by atoms with Crippen LogP contribution in [0.25, 0.3) is 0 Å². The van der Waals surface area contributed by atoms with Gasteiger partial charge in [-0.3, -0.25) is 14.2 Å². The zero-order chi connectivity index (χ0) is 15.1. The van der Waals surface area contributed by atoms with E-state index in [0.717, 1.165) is 0 Å². The third-order valence-electron chi connectivity index (χ3n) is 2.28. The van der Waals surface area contributed by atoms with Crippen LogP contribution in [0.3, 0.4) is 0 Å². The first kappa shape index (κ1) is 18.1. The topological polar surface area (TPSA) is 108 Å². The number of amides is 2. The van der Waals surface area contributed by atoms with Crippen LogP contribution in [0.5, 0.6) is 0 Å². The lowest BCUT2D eigenvalue weighted by molar-refractivity contribution is -0.127. The average Bonchev–Trinajstić information content (AvgIpc) is 2.25. The molecular weight excluding hydrogens is 271 g/mol. The van der Waals surface area contributed by atoms with E-state index < -0.39 is 31.6 Å². The number of rotatable bonds is 9. The molecule has 0 bridgehead atoms. The van der Waals surface area contributed by atoms with Crippen LogP contribution in [-0.2, 0) is 23.2 Å². The first-order valence-electron chi connectivity index (χ1n) is 6.22. The first-order chi connectivity index (χ1) is 8.75. The van der Waals surface area contributed by atoms with Gasteiger partial charge in [-0.15, -0.1) is 0 Å². The predicted octanol–water partition coefficient (Wildman–Crippen LogP) is 0.879. The maximum absolute atomic E-state index is 12.1. The third-order valence-corrected chi connectivity index (χ3v) is 4.26. The van der Waals surface area contributed by atoms with Gasteiger partial charge < -0.3 is 20.1 Å². The molecule has 0 aliphatic carbocycles. The summed E-state index contributed by atoms with van der Waals surface area (Å²) < 4.78 is 22.1. The SMILES string of the molecule is CCOP(=O)(CC(=O)NC(C(N)=O)C(C)C)OCC. The van der Waals surface area contributed by atoms with Gasteiger partial charge in [0.1, 0.15) is 12.2 Å². The van der Waals surface area contributed by atoms with Gasteiger partial charge >= 0.3 is 7.60 Å². The van der Waals surface area contributed by atoms with Gasteiger partial charge in [0, 0.05) is 0 Å². The van der Waals surface area contributed by atoms with Crippen LogP contribution in [0.2, 0.25) is 0 Å². The van der Waals surface area contributed by atoms with Gasteiger partial charge in [0.05, 0.1) is 13.2 Å². The second kappa shape index (κ2) is 8.30. The summed E-state index contributed by atoms with van der Waals surface area (Å²) in [5, 5.41) is 2.44. The minimum absolute atomic E-state index is 0.153. The molecule has 0 spiro atoms. The van der Waals surface area contributed by atoms with Crippen molar-refractivity contribution in [1.82, 2.24) is 5.32 Å². The fourth-order valence-corrected chi connectivity index (χ4v) is 2.97. The third kappa shape index (κ3) is 6.71. The maximum atomic E-state index is 12.1. The molecular formula is C11H23N2O5P. The Hall–Kier alpha value is -0.910. The molecule has 0 aromatic heterocycles. The van der Waals surface area contributed by atoms with Crippen LogP contribution in [0.4, 0.5) is 0 Å². The van der Waals surface area contributed by atoms with Crippen molar-refractivity contribution in [1.29, 1.82) is 0 Å². The van der Waals surface area contributed by atoms with E-state index in [1.165, 1.54) is 0 Å². The monoisotopic (exact) mass is 294 g/mol. The Bertz CT molecular complexity index is 349. The number of nitrogens with two attached hydrogens (primary N) is 1. The van der Waals surface area contributed by atoms with E-state index in [-0.39, 0.29) is 19.1 Å². The lowest BCUT2D eigenvalue weighted by atomic mass is 10.0. The van der Waals surface area contributed by atoms with Crippen molar-refractivity contribution in [2.24, 2.45) is 11.7 Å². The molecule has 2 amide bonds. The van der Waals surface area contributed by atoms with Crippen molar-refractivity contribution >= 4 is 19.4 Å². The molecule has 1 atom stereocenters. The Balaban J connectivity index is 4.65. The normalized spacial score (nSPS) is 13.3. The summed E-state index contributed by atoms with van der Waals surface area (Å²) in [5.41, 5.74) is 5.18. The van der Waals surface area contributed by atoms with Gasteiger partial charge in [0.25, 0.3) is 0 Å². The molecule has 7 nitrogen and oxygen atoms in total. The van der Waals surface area contributed by atoms with Crippen LogP contribution < -0.4 is 11.1 Å². The smallest absolute Gasteiger partial charge is 0.340 e. The van der Waals surface area contributed by atoms with Crippen molar-refractivity contribution in [3.63, 3.8) is 0 Å². The van der Waals surface area contributed by atoms with Crippen molar-refractivity contribution in [2.75, 3.05) is 19.4 Å². The standard InChI is InChI=1S/C11H23N2O5P/c1-5-17-19(16,18-6-2)7-9(14)13-10(8(3)4)11(12)15/h8,10H,5-7H2,1-4H3,(H2,12,15)(H,13,14). The van der Waals surface area contributed by atoms with Crippen molar-refractivity contribution in [2.45, 2.75) is 33.7 Å². The fourth-order valence-electron chi connectivity index (χ4n) is 1.48. The molecule has 0 aromatic rings. The lowest BCUT2D eigenvalue weighted by Gasteiger charge is -2.21. The fraction of sp³-hybridized carbons (Fsp3) is 0.818. The summed E-state index contributed by atoms with van der Waals surface area (Å²) in [7, 11) is -3.46. The zero-order valence-corrected chi connectivity index (χ0v) is 12.7. The van der Waals surface area contributed by atoms with Gasteiger partial charge in [0.2, 0.25) is 11.8 Å². The van der Waals surface area contributed by atoms with Gasteiger partial charge in [-0.05, 0) is 19.8 Å². The highest BCUT2D eigenvalue weighted by atomic mass is 31.2. The molecule has 0 rings (SSSR count). The Morgan fingerprint density at radius 2 is 1.68 bits per heavy atom. The number of hydrogen-bond donors (Lipinski definition) is 2. The zero-order valence-electron chi connectivity index (χ0n) is 11.8. The number of primary amides is 1. The highest BCUT2D eigenvalue weighted by molar-refractivity contribution is 7.54. The quantitative estimate of drug-likeness (QED) is 0.614. The summed E-state index contributed by atoms with van der Waals surface area (Å²) in [6, 6.07) is -0.802. The van der Waals surface area contributed by atoms with Gasteiger partial charge in [-0.25, -0.2) is 0 Å². The van der Waals surface area contributed by atoms with Crippen molar-refractivity contribution in [3.05, 3.63) is 0 Å². The largest absolute Gasteiger partial charge is 0.368 e. The molecule has 0 aromatic carbocycles. The number of hydrogen-bond acceptors (Lipinski definition) is 5. The number of nitrogens with one attached hydrogen (secondary N) is 1. The summed E-state index contributed by atoms with van der Waals surface area (Å²) in [6.07, 6.45) is -0.425. The molecule has 0 fully saturated rings. The number of carbonyl (C=O) groups is 2. The van der Waals surface area contributed by atoms with Crippen LogP contribution >= 0.6 is 7.60 Å². The summed E-state index contributed by atoms with van der Waals surface area (Å²) in [5.74, 6) is -1.37. The van der Waals surface area contributed by atoms with E-state index in [9.17, 15) is 14.2 Å². The van der Waals surface area contributed by atoms with Gasteiger partial charge in [0.15, 0.2) is 0 Å². The molecule has 0 saturated carbocycles. The Labute approximate surface area is 113 Å². The summed E-state index contributed by atoms with van der Waals surface area (Å²) >= 11 is 0. The van der Waals surface area contributed by atoms with E-state index in [4.69, 9.17) is 14.8 Å². The molecule has 3 N–H and O–H groups in total. The van der Waals surface area contributed by atoms with Crippen molar-refractivity contribution in [3.8, 4) is 0 Å². The van der Waals surface area contributed by atoms with E-state index in [0.29, 0.717) is 0 Å². The minimum Gasteiger partial charge on any atom is -0.368 e. The molecule has 1 unspecified atom stereocenters. The highest BCUT2D eigenvalue weighted by Crippen LogP contribution is 2.47. The van der Waals surface area contributed by atoms with E-state index in [1.54, 1.807) is 27.7 Å². The minimum atomic E-state index is -3.46. The predicted molar refractivity (Wildman–Crippen MR) is 71.7 cm³/mol. The van der Waals surface area contributed by atoms with Crippen LogP contribution in [0, 0.1) is 5.92 Å². The molecule has 0 saturated heterocycles. The second-order valence-electron chi connectivity index (χ2n) is 4.30. The first-order valence-corrected chi connectivity index (χ1v) is 7.95. The summed E-state index contributed by atoms with van der Waals surface area (Å²) in [6.45, 7) is 7.16. The molecule has 0 aliphatic rings. The molecule has 112 valence electrons. The van der Waals surface area contributed by atoms with E-state index in [2.05, 4.69) is 5.32 Å². The maximum Gasteiger partial charge on any atom is 0.340 e. The Morgan fingerprint density at radius 3 is 2.00 bits per heavy atom. The molecule has 19 heavy (non-hydrogen) atoms. The average molecular weight is 294 g/mol. The van der Waals surface area contributed by atoms with Crippen LogP contribution in [-0.4, -0.2) is 37.2 Å². The van der Waals surface area contributed by atoms with Gasteiger partial charge in [-0.2, -0.15) is 0 Å². The highest BCUT2D eigenvalue weighted by Gasteiger charge is 2.30. The summed E-state index contributed by atoms with van der Waals surface area (Å²) in [4.78, 5) is 22.9. The van der Waals surface area contributed by atoms with Crippen molar-refractivity contribution < 1.29 is 23.2 Å². The number of carbonyl (C=O) groups excluding carboxylic acids is 2. The Morgan fingerprint density at radius 1 is 1.21 bits per heavy atom. The van der Waals surface area contributed by atoms with E-state index >= 15 is 0 Å². The molecule has 8 heteroatoms. The van der Waals surface area contributed by atoms with Crippen LogP contribution in [0.1, 0.15) is 27.7 Å². The Kier molecular flexibility index (Phi) is 7.90. The lowest BCUT2D eigenvalue weighted by Crippen LogP contribution is -2.48. The molecule has 0 radical (unpaired) electrons. The molecule has 0 heterocycles.